The summed E-state index contributed by atoms with van der Waals surface area (Å²) < 4.78 is 51.5. The largest absolute Gasteiger partial charge is 0.419 e. The molecule has 6 heteroatoms. The van der Waals surface area contributed by atoms with E-state index in [9.17, 15) is 17.6 Å². The minimum absolute atomic E-state index is 0.158. The summed E-state index contributed by atoms with van der Waals surface area (Å²) in [6.07, 6.45) is -4.72. The summed E-state index contributed by atoms with van der Waals surface area (Å²) in [6.45, 7) is 0. The van der Waals surface area contributed by atoms with Crippen LogP contribution in [0.3, 0.4) is 0 Å². The number of benzene rings is 1. The van der Waals surface area contributed by atoms with E-state index >= 15 is 0 Å². The van der Waals surface area contributed by atoms with Crippen molar-refractivity contribution in [1.29, 1.82) is 0 Å². The molecule has 0 amide bonds. The van der Waals surface area contributed by atoms with Gasteiger partial charge in [0.15, 0.2) is 0 Å². The van der Waals surface area contributed by atoms with Crippen molar-refractivity contribution in [2.45, 2.75) is 11.6 Å². The van der Waals surface area contributed by atoms with Crippen molar-refractivity contribution in [3.63, 3.8) is 0 Å². The number of thiophene rings is 1. The minimum atomic E-state index is -4.72. The Morgan fingerprint density at radius 1 is 1.11 bits per heavy atom. The van der Waals surface area contributed by atoms with E-state index in [1.165, 1.54) is 17.4 Å². The van der Waals surface area contributed by atoms with Gasteiger partial charge in [-0.3, -0.25) is 0 Å². The normalized spacial score (nSPS) is 13.6. The molecule has 0 N–H and O–H groups in total. The fourth-order valence-electron chi connectivity index (χ4n) is 1.55. The van der Waals surface area contributed by atoms with E-state index in [2.05, 4.69) is 0 Å². The van der Waals surface area contributed by atoms with Gasteiger partial charge in [0, 0.05) is 10.4 Å². The molecular weight excluding hydrogens is 288 g/mol. The lowest BCUT2D eigenvalue weighted by molar-refractivity contribution is -0.140. The van der Waals surface area contributed by atoms with Crippen LogP contribution in [-0.2, 0) is 6.18 Å². The Kier molecular flexibility index (Phi) is 3.64. The van der Waals surface area contributed by atoms with Crippen LogP contribution < -0.4 is 0 Å². The molecule has 0 nitrogen and oxygen atoms in total. The lowest BCUT2D eigenvalue weighted by Gasteiger charge is -2.13. The molecule has 0 aliphatic rings. The Hall–Kier alpha value is -1.07. The summed E-state index contributed by atoms with van der Waals surface area (Å²) in [5.74, 6) is -1.31. The number of rotatable bonds is 2. The molecule has 1 aromatic heterocycles. The number of halogens is 5. The first-order chi connectivity index (χ1) is 8.41. The van der Waals surface area contributed by atoms with Crippen molar-refractivity contribution in [2.75, 3.05) is 0 Å². The van der Waals surface area contributed by atoms with E-state index in [-0.39, 0.29) is 5.56 Å². The maximum atomic E-state index is 13.8. The van der Waals surface area contributed by atoms with Crippen LogP contribution in [0.25, 0.3) is 0 Å². The smallest absolute Gasteiger partial charge is 0.206 e. The van der Waals surface area contributed by atoms with Crippen LogP contribution in [0.1, 0.15) is 21.4 Å². The number of alkyl halides is 4. The van der Waals surface area contributed by atoms with Crippen LogP contribution >= 0.6 is 22.9 Å². The molecule has 1 heterocycles. The molecule has 0 aliphatic heterocycles. The highest BCUT2D eigenvalue weighted by Crippen LogP contribution is 2.38. The molecule has 0 bridgehead atoms. The van der Waals surface area contributed by atoms with Crippen LogP contribution in [0.15, 0.2) is 35.7 Å². The van der Waals surface area contributed by atoms with Crippen LogP contribution in [0.5, 0.6) is 0 Å². The average Bonchev–Trinajstić information content (AvgIpc) is 2.80. The van der Waals surface area contributed by atoms with Crippen molar-refractivity contribution in [2.24, 2.45) is 0 Å². The second kappa shape index (κ2) is 4.90. The van der Waals surface area contributed by atoms with Crippen molar-refractivity contribution < 1.29 is 17.6 Å². The number of hydrogen-bond acceptors (Lipinski definition) is 1. The van der Waals surface area contributed by atoms with Crippen molar-refractivity contribution >= 4 is 22.9 Å². The van der Waals surface area contributed by atoms with Crippen molar-refractivity contribution in [3.8, 4) is 0 Å². The Labute approximate surface area is 110 Å². The van der Waals surface area contributed by atoms with Gasteiger partial charge in [0.05, 0.1) is 10.9 Å². The summed E-state index contributed by atoms with van der Waals surface area (Å²) in [4.78, 5) is 0.606. The standard InChI is InChI=1S/C12H7ClF4S/c13-10(9-5-2-6-18-9)7-3-1-4-8(11(7)14)12(15,16)17/h1-6,10H. The third-order valence-corrected chi connectivity index (χ3v) is 3.94. The lowest BCUT2D eigenvalue weighted by atomic mass is 10.1. The molecule has 0 saturated heterocycles. The summed E-state index contributed by atoms with van der Waals surface area (Å²) in [5.41, 5.74) is -1.45. The Balaban J connectivity index is 2.47. The van der Waals surface area contributed by atoms with Gasteiger partial charge in [-0.25, -0.2) is 4.39 Å². The monoisotopic (exact) mass is 294 g/mol. The fourth-order valence-corrected chi connectivity index (χ4v) is 2.67. The zero-order valence-corrected chi connectivity index (χ0v) is 10.4. The van der Waals surface area contributed by atoms with Gasteiger partial charge in [0.2, 0.25) is 0 Å². The fraction of sp³-hybridized carbons (Fsp3) is 0.167. The van der Waals surface area contributed by atoms with Gasteiger partial charge in [-0.05, 0) is 17.5 Å². The molecule has 2 rings (SSSR count). The number of hydrogen-bond donors (Lipinski definition) is 0. The maximum Gasteiger partial charge on any atom is 0.419 e. The van der Waals surface area contributed by atoms with Gasteiger partial charge in [0.25, 0.3) is 0 Å². The van der Waals surface area contributed by atoms with E-state index in [0.717, 1.165) is 6.07 Å². The zero-order valence-electron chi connectivity index (χ0n) is 8.84. The van der Waals surface area contributed by atoms with Gasteiger partial charge < -0.3 is 0 Å². The molecule has 1 atom stereocenters. The quantitative estimate of drug-likeness (QED) is 0.525. The van der Waals surface area contributed by atoms with Gasteiger partial charge in [0.1, 0.15) is 5.82 Å². The topological polar surface area (TPSA) is 0 Å². The predicted molar refractivity (Wildman–Crippen MR) is 63.4 cm³/mol. The summed E-state index contributed by atoms with van der Waals surface area (Å²) in [6, 6.07) is 6.49. The first-order valence-corrected chi connectivity index (χ1v) is 6.26. The van der Waals surface area contributed by atoms with Crippen LogP contribution in [0, 0.1) is 5.82 Å². The van der Waals surface area contributed by atoms with E-state index in [0.29, 0.717) is 10.9 Å². The Bertz CT molecular complexity index is 534. The van der Waals surface area contributed by atoms with E-state index in [4.69, 9.17) is 11.6 Å². The molecule has 0 saturated carbocycles. The average molecular weight is 295 g/mol. The molecule has 1 unspecified atom stereocenters. The van der Waals surface area contributed by atoms with E-state index < -0.39 is 22.9 Å². The lowest BCUT2D eigenvalue weighted by Crippen LogP contribution is -2.10. The molecule has 1 aromatic carbocycles. The third-order valence-electron chi connectivity index (χ3n) is 2.40. The van der Waals surface area contributed by atoms with E-state index in [1.54, 1.807) is 17.5 Å². The van der Waals surface area contributed by atoms with Gasteiger partial charge in [-0.2, -0.15) is 13.2 Å². The molecular formula is C12H7ClF4S. The van der Waals surface area contributed by atoms with Crippen molar-refractivity contribution in [1.82, 2.24) is 0 Å². The zero-order chi connectivity index (χ0) is 13.3. The molecule has 0 fully saturated rings. The molecule has 0 aliphatic carbocycles. The first-order valence-electron chi connectivity index (χ1n) is 4.94. The second-order valence-electron chi connectivity index (χ2n) is 3.58. The minimum Gasteiger partial charge on any atom is -0.206 e. The van der Waals surface area contributed by atoms with Crippen molar-refractivity contribution in [3.05, 3.63) is 57.5 Å². The highest BCUT2D eigenvalue weighted by molar-refractivity contribution is 7.10. The summed E-state index contributed by atoms with van der Waals surface area (Å²) in [7, 11) is 0. The SMILES string of the molecule is Fc1c(C(Cl)c2cccs2)cccc1C(F)(F)F. The highest BCUT2D eigenvalue weighted by Gasteiger charge is 2.35. The summed E-state index contributed by atoms with van der Waals surface area (Å²) >= 11 is 7.27. The Morgan fingerprint density at radius 3 is 2.39 bits per heavy atom. The summed E-state index contributed by atoms with van der Waals surface area (Å²) in [5, 5.41) is 0.822. The molecule has 96 valence electrons. The maximum absolute atomic E-state index is 13.8. The molecule has 2 aromatic rings. The molecule has 0 radical (unpaired) electrons. The second-order valence-corrected chi connectivity index (χ2v) is 5.00. The predicted octanol–water partition coefficient (Wildman–Crippen LogP) is 5.23. The van der Waals surface area contributed by atoms with Crippen LogP contribution in [0.4, 0.5) is 17.6 Å². The molecule has 18 heavy (non-hydrogen) atoms. The first kappa shape index (κ1) is 13.4. The van der Waals surface area contributed by atoms with Crippen LogP contribution in [-0.4, -0.2) is 0 Å². The van der Waals surface area contributed by atoms with Gasteiger partial charge in [-0.1, -0.05) is 18.2 Å². The highest BCUT2D eigenvalue weighted by atomic mass is 35.5. The third kappa shape index (κ3) is 2.52. The van der Waals surface area contributed by atoms with Gasteiger partial charge >= 0.3 is 6.18 Å². The van der Waals surface area contributed by atoms with Crippen LogP contribution in [0.2, 0.25) is 0 Å². The van der Waals surface area contributed by atoms with Gasteiger partial charge in [-0.15, -0.1) is 22.9 Å². The van der Waals surface area contributed by atoms with E-state index in [1.807, 2.05) is 0 Å². The Morgan fingerprint density at radius 2 is 1.83 bits per heavy atom. The molecule has 0 spiro atoms.